The second kappa shape index (κ2) is 6.66. The zero-order chi connectivity index (χ0) is 15.4. The van der Waals surface area contributed by atoms with Crippen LogP contribution >= 0.6 is 0 Å². The van der Waals surface area contributed by atoms with Gasteiger partial charge in [0.15, 0.2) is 0 Å². The second-order valence-electron chi connectivity index (χ2n) is 5.64. The van der Waals surface area contributed by atoms with Crippen LogP contribution in [0, 0.1) is 5.92 Å². The number of carboxylic acids is 1. The van der Waals surface area contributed by atoms with Crippen molar-refractivity contribution in [3.8, 4) is 0 Å². The molecule has 21 heavy (non-hydrogen) atoms. The van der Waals surface area contributed by atoms with E-state index in [1.165, 1.54) is 0 Å². The van der Waals surface area contributed by atoms with Gasteiger partial charge in [-0.15, -0.1) is 5.10 Å². The van der Waals surface area contributed by atoms with Crippen molar-refractivity contribution in [2.24, 2.45) is 5.92 Å². The lowest BCUT2D eigenvalue weighted by Gasteiger charge is -2.14. The minimum absolute atomic E-state index is 0.102. The Labute approximate surface area is 122 Å². The van der Waals surface area contributed by atoms with Gasteiger partial charge in [0.2, 0.25) is 11.8 Å². The normalized spacial score (nSPS) is 19.1. The third-order valence-electron chi connectivity index (χ3n) is 3.38. The van der Waals surface area contributed by atoms with E-state index in [2.05, 4.69) is 15.5 Å². The molecule has 1 fully saturated rings. The molecule has 1 aliphatic rings. The Morgan fingerprint density at radius 2 is 2.24 bits per heavy atom. The first-order valence-electron chi connectivity index (χ1n) is 7.01. The van der Waals surface area contributed by atoms with Crippen molar-refractivity contribution < 1.29 is 19.1 Å². The molecule has 0 radical (unpaired) electrons. The molecule has 1 atom stereocenters. The largest absolute Gasteiger partial charge is 0.481 e. The van der Waals surface area contributed by atoms with Crippen LogP contribution in [0.15, 0.2) is 4.42 Å². The number of likely N-dealkylation sites (tertiary alicyclic amines) is 1. The van der Waals surface area contributed by atoms with Gasteiger partial charge in [-0.25, -0.2) is 0 Å². The average molecular weight is 296 g/mol. The molecule has 1 unspecified atom stereocenters. The highest BCUT2D eigenvalue weighted by Crippen LogP contribution is 2.19. The van der Waals surface area contributed by atoms with E-state index in [4.69, 9.17) is 9.52 Å². The minimum atomic E-state index is -0.793. The van der Waals surface area contributed by atoms with Gasteiger partial charge >= 0.3 is 12.0 Å². The Balaban J connectivity index is 1.78. The molecule has 1 amide bonds. The van der Waals surface area contributed by atoms with Gasteiger partial charge in [-0.3, -0.25) is 19.8 Å². The maximum Gasteiger partial charge on any atom is 0.322 e. The Hall–Kier alpha value is -1.96. The van der Waals surface area contributed by atoms with Crippen LogP contribution in [0.2, 0.25) is 0 Å². The van der Waals surface area contributed by atoms with Crippen LogP contribution in [-0.2, 0) is 9.59 Å². The maximum absolute atomic E-state index is 11.9. The van der Waals surface area contributed by atoms with Crippen LogP contribution in [0.4, 0.5) is 6.01 Å². The van der Waals surface area contributed by atoms with Crippen molar-refractivity contribution in [2.75, 3.05) is 25.0 Å². The number of hydrogen-bond donors (Lipinski definition) is 2. The number of carbonyl (C=O) groups excluding carboxylic acids is 1. The molecule has 0 aromatic carbocycles. The van der Waals surface area contributed by atoms with Gasteiger partial charge in [0, 0.05) is 18.9 Å². The van der Waals surface area contributed by atoms with Gasteiger partial charge in [-0.2, -0.15) is 0 Å². The predicted octanol–water partition coefficient (Wildman–Crippen LogP) is 0.928. The molecule has 0 saturated carbocycles. The van der Waals surface area contributed by atoms with Gasteiger partial charge in [-0.05, 0) is 18.9 Å². The summed E-state index contributed by atoms with van der Waals surface area (Å²) in [4.78, 5) is 24.5. The molecule has 1 aromatic rings. The van der Waals surface area contributed by atoms with Gasteiger partial charge in [0.1, 0.15) is 0 Å². The standard InChI is InChI=1S/C13H20N4O4/c1-8(2)12-15-16-13(21-12)14-10(18)7-17-4-3-9(6-17)5-11(19)20/h8-9H,3-7H2,1-2H3,(H,19,20)(H,14,16,18). The van der Waals surface area contributed by atoms with Crippen molar-refractivity contribution in [2.45, 2.75) is 32.6 Å². The third-order valence-corrected chi connectivity index (χ3v) is 3.38. The van der Waals surface area contributed by atoms with Crippen molar-refractivity contribution in [1.82, 2.24) is 15.1 Å². The zero-order valence-electron chi connectivity index (χ0n) is 12.2. The van der Waals surface area contributed by atoms with Crippen LogP contribution < -0.4 is 5.32 Å². The van der Waals surface area contributed by atoms with E-state index in [9.17, 15) is 9.59 Å². The molecule has 2 heterocycles. The lowest BCUT2D eigenvalue weighted by atomic mass is 10.1. The van der Waals surface area contributed by atoms with Crippen LogP contribution in [0.25, 0.3) is 0 Å². The van der Waals surface area contributed by atoms with Crippen molar-refractivity contribution in [3.05, 3.63) is 5.89 Å². The molecule has 1 aliphatic heterocycles. The Bertz CT molecular complexity index is 514. The summed E-state index contributed by atoms with van der Waals surface area (Å²) >= 11 is 0. The van der Waals surface area contributed by atoms with Crippen LogP contribution in [0.1, 0.15) is 38.5 Å². The number of nitrogens with zero attached hydrogens (tertiary/aromatic N) is 3. The number of rotatable bonds is 6. The maximum atomic E-state index is 11.9. The lowest BCUT2D eigenvalue weighted by Crippen LogP contribution is -2.31. The molecule has 8 nitrogen and oxygen atoms in total. The van der Waals surface area contributed by atoms with Crippen molar-refractivity contribution in [3.63, 3.8) is 0 Å². The van der Waals surface area contributed by atoms with Gasteiger partial charge < -0.3 is 9.52 Å². The molecule has 2 rings (SSSR count). The van der Waals surface area contributed by atoms with E-state index < -0.39 is 5.97 Å². The highest BCUT2D eigenvalue weighted by atomic mass is 16.4. The molecule has 116 valence electrons. The van der Waals surface area contributed by atoms with E-state index in [0.29, 0.717) is 12.4 Å². The fourth-order valence-corrected chi connectivity index (χ4v) is 2.35. The zero-order valence-corrected chi connectivity index (χ0v) is 12.2. The summed E-state index contributed by atoms with van der Waals surface area (Å²) < 4.78 is 5.30. The number of aliphatic carboxylic acids is 1. The molecule has 1 saturated heterocycles. The van der Waals surface area contributed by atoms with E-state index >= 15 is 0 Å². The molecule has 0 aliphatic carbocycles. The van der Waals surface area contributed by atoms with Crippen molar-refractivity contribution >= 4 is 17.9 Å². The average Bonchev–Trinajstić information content (AvgIpc) is 2.98. The van der Waals surface area contributed by atoms with Crippen molar-refractivity contribution in [1.29, 1.82) is 0 Å². The number of aromatic nitrogens is 2. The Morgan fingerprint density at radius 3 is 2.86 bits per heavy atom. The van der Waals surface area contributed by atoms with Gasteiger partial charge in [0.05, 0.1) is 6.54 Å². The van der Waals surface area contributed by atoms with Gasteiger partial charge in [-0.1, -0.05) is 18.9 Å². The van der Waals surface area contributed by atoms with Crippen LogP contribution in [0.3, 0.4) is 0 Å². The SMILES string of the molecule is CC(C)c1nnc(NC(=O)CN2CCC(CC(=O)O)C2)o1. The minimum Gasteiger partial charge on any atom is -0.481 e. The van der Waals surface area contributed by atoms with E-state index in [-0.39, 0.29) is 36.7 Å². The number of nitrogens with one attached hydrogen (secondary N) is 1. The summed E-state index contributed by atoms with van der Waals surface area (Å²) in [6.07, 6.45) is 0.956. The summed E-state index contributed by atoms with van der Waals surface area (Å²) in [5, 5.41) is 18.9. The first kappa shape index (κ1) is 15.4. The summed E-state index contributed by atoms with van der Waals surface area (Å²) in [5.74, 6) is -0.318. The molecular weight excluding hydrogens is 276 g/mol. The van der Waals surface area contributed by atoms with E-state index in [0.717, 1.165) is 13.0 Å². The summed E-state index contributed by atoms with van der Waals surface area (Å²) in [6.45, 7) is 5.40. The van der Waals surface area contributed by atoms with E-state index in [1.807, 2.05) is 18.7 Å². The molecule has 1 aromatic heterocycles. The molecule has 8 heteroatoms. The Morgan fingerprint density at radius 1 is 1.48 bits per heavy atom. The number of anilines is 1. The lowest BCUT2D eigenvalue weighted by molar-refractivity contribution is -0.138. The summed E-state index contributed by atoms with van der Waals surface area (Å²) in [6, 6.07) is 0.102. The molecule has 2 N–H and O–H groups in total. The second-order valence-corrected chi connectivity index (χ2v) is 5.64. The monoisotopic (exact) mass is 296 g/mol. The predicted molar refractivity (Wildman–Crippen MR) is 73.8 cm³/mol. The van der Waals surface area contributed by atoms with Crippen LogP contribution in [0.5, 0.6) is 0 Å². The summed E-state index contributed by atoms with van der Waals surface area (Å²) in [5.41, 5.74) is 0. The fraction of sp³-hybridized carbons (Fsp3) is 0.692. The first-order chi connectivity index (χ1) is 9.94. The highest BCUT2D eigenvalue weighted by Gasteiger charge is 2.26. The third kappa shape index (κ3) is 4.52. The molecule has 0 bridgehead atoms. The topological polar surface area (TPSA) is 109 Å². The van der Waals surface area contributed by atoms with Gasteiger partial charge in [0.25, 0.3) is 0 Å². The smallest absolute Gasteiger partial charge is 0.322 e. The van der Waals surface area contributed by atoms with E-state index in [1.54, 1.807) is 0 Å². The molecule has 0 spiro atoms. The van der Waals surface area contributed by atoms with Crippen LogP contribution in [-0.4, -0.2) is 51.7 Å². The quantitative estimate of drug-likeness (QED) is 0.803. The molecular formula is C13H20N4O4. The Kier molecular flexibility index (Phi) is 4.89. The number of amides is 1. The first-order valence-corrected chi connectivity index (χ1v) is 7.01. The number of carboxylic acid groups (broad SMARTS) is 1. The number of hydrogen-bond acceptors (Lipinski definition) is 6. The highest BCUT2D eigenvalue weighted by molar-refractivity contribution is 5.90. The summed E-state index contributed by atoms with van der Waals surface area (Å²) in [7, 11) is 0. The number of carbonyl (C=O) groups is 2. The fourth-order valence-electron chi connectivity index (χ4n) is 2.35.